The van der Waals surface area contributed by atoms with Gasteiger partial charge in [0.2, 0.25) is 0 Å². The fraction of sp³-hybridized carbons (Fsp3) is 1.00. The quantitative estimate of drug-likeness (QED) is 0.451. The number of hydrogen-bond acceptors (Lipinski definition) is 1. The molecule has 0 N–H and O–H groups in total. The summed E-state index contributed by atoms with van der Waals surface area (Å²) < 4.78 is 5.83. The summed E-state index contributed by atoms with van der Waals surface area (Å²) in [5.74, 6) is 4.57. The molecule has 0 amide bonds. The van der Waals surface area contributed by atoms with Crippen LogP contribution in [0.5, 0.6) is 0 Å². The second-order valence-electron chi connectivity index (χ2n) is 9.27. The van der Waals surface area contributed by atoms with Gasteiger partial charge in [-0.3, -0.25) is 0 Å². The second kappa shape index (κ2) is 10.1. The Labute approximate surface area is 146 Å². The fourth-order valence-electron chi connectivity index (χ4n) is 5.29. The van der Waals surface area contributed by atoms with Crippen molar-refractivity contribution in [1.29, 1.82) is 0 Å². The van der Waals surface area contributed by atoms with Gasteiger partial charge >= 0.3 is 0 Å². The van der Waals surface area contributed by atoms with Crippen LogP contribution in [0.2, 0.25) is 0 Å². The highest BCUT2D eigenvalue weighted by atomic mass is 16.5. The molecule has 0 aromatic rings. The summed E-state index contributed by atoms with van der Waals surface area (Å²) in [7, 11) is 1.92. The van der Waals surface area contributed by atoms with Gasteiger partial charge < -0.3 is 4.74 Å². The fourth-order valence-corrected chi connectivity index (χ4v) is 5.29. The molecule has 23 heavy (non-hydrogen) atoms. The van der Waals surface area contributed by atoms with Gasteiger partial charge in [0.15, 0.2) is 0 Å². The van der Waals surface area contributed by atoms with Crippen LogP contribution in [0.3, 0.4) is 0 Å². The summed E-state index contributed by atoms with van der Waals surface area (Å²) >= 11 is 0. The van der Waals surface area contributed by atoms with Crippen LogP contribution in [-0.2, 0) is 4.74 Å². The van der Waals surface area contributed by atoms with Gasteiger partial charge in [-0.15, -0.1) is 0 Å². The Morgan fingerprint density at radius 3 is 2.30 bits per heavy atom. The molecule has 0 aliphatic heterocycles. The SMILES string of the molecule is COC(CC(C)C)C1CCC(CC(C)CCC2CCCCC2)C1. The molecule has 2 saturated carbocycles. The van der Waals surface area contributed by atoms with E-state index >= 15 is 0 Å². The van der Waals surface area contributed by atoms with E-state index in [-0.39, 0.29) is 0 Å². The molecule has 0 spiro atoms. The van der Waals surface area contributed by atoms with Crippen molar-refractivity contribution in [2.24, 2.45) is 29.6 Å². The number of methoxy groups -OCH3 is 1. The molecule has 0 saturated heterocycles. The van der Waals surface area contributed by atoms with E-state index in [1.54, 1.807) is 0 Å². The molecule has 4 unspecified atom stereocenters. The molecule has 2 fully saturated rings. The van der Waals surface area contributed by atoms with Crippen molar-refractivity contribution in [3.8, 4) is 0 Å². The van der Waals surface area contributed by atoms with Crippen molar-refractivity contribution in [2.75, 3.05) is 7.11 Å². The molecule has 4 atom stereocenters. The smallest absolute Gasteiger partial charge is 0.0602 e. The summed E-state index contributed by atoms with van der Waals surface area (Å²) in [5.41, 5.74) is 0. The van der Waals surface area contributed by atoms with E-state index in [2.05, 4.69) is 20.8 Å². The lowest BCUT2D eigenvalue weighted by Gasteiger charge is -2.25. The Balaban J connectivity index is 1.65. The minimum absolute atomic E-state index is 0.512. The molecule has 0 heterocycles. The van der Waals surface area contributed by atoms with Gasteiger partial charge in [-0.1, -0.05) is 72.1 Å². The van der Waals surface area contributed by atoms with E-state index in [4.69, 9.17) is 4.74 Å². The topological polar surface area (TPSA) is 9.23 Å². The van der Waals surface area contributed by atoms with Gasteiger partial charge in [0.25, 0.3) is 0 Å². The lowest BCUT2D eigenvalue weighted by molar-refractivity contribution is 0.0363. The van der Waals surface area contributed by atoms with Crippen molar-refractivity contribution in [2.45, 2.75) is 104 Å². The average molecular weight is 323 g/mol. The summed E-state index contributed by atoms with van der Waals surface area (Å²) in [4.78, 5) is 0. The Bertz CT molecular complexity index is 305. The summed E-state index contributed by atoms with van der Waals surface area (Å²) in [6.07, 6.45) is 18.0. The molecule has 0 bridgehead atoms. The van der Waals surface area contributed by atoms with E-state index < -0.39 is 0 Å². The molecule has 0 aromatic carbocycles. The van der Waals surface area contributed by atoms with Crippen molar-refractivity contribution < 1.29 is 4.74 Å². The predicted octanol–water partition coefficient (Wildman–Crippen LogP) is 6.85. The molecule has 2 rings (SSSR count). The summed E-state index contributed by atoms with van der Waals surface area (Å²) in [5, 5.41) is 0. The molecule has 0 aromatic heterocycles. The molecule has 2 aliphatic rings. The first-order valence-electron chi connectivity index (χ1n) is 10.6. The van der Waals surface area contributed by atoms with Crippen LogP contribution in [0.1, 0.15) is 97.8 Å². The molecule has 0 radical (unpaired) electrons. The lowest BCUT2D eigenvalue weighted by atomic mass is 9.82. The first kappa shape index (κ1) is 19.3. The van der Waals surface area contributed by atoms with Gasteiger partial charge in [-0.05, 0) is 55.3 Å². The zero-order valence-corrected chi connectivity index (χ0v) is 16.4. The maximum Gasteiger partial charge on any atom is 0.0602 e. The summed E-state index contributed by atoms with van der Waals surface area (Å²) in [6, 6.07) is 0. The standard InChI is InChI=1S/C22H42O/c1-17(2)14-22(23-4)21-13-12-20(16-21)15-18(3)10-11-19-8-6-5-7-9-19/h17-22H,5-16H2,1-4H3. The highest BCUT2D eigenvalue weighted by molar-refractivity contribution is 4.83. The van der Waals surface area contributed by atoms with Crippen LogP contribution in [0.4, 0.5) is 0 Å². The zero-order valence-electron chi connectivity index (χ0n) is 16.4. The van der Waals surface area contributed by atoms with Gasteiger partial charge in [0.1, 0.15) is 0 Å². The molecule has 136 valence electrons. The maximum atomic E-state index is 5.83. The monoisotopic (exact) mass is 322 g/mol. The Kier molecular flexibility index (Phi) is 8.44. The third kappa shape index (κ3) is 6.77. The van der Waals surface area contributed by atoms with Crippen molar-refractivity contribution >= 4 is 0 Å². The van der Waals surface area contributed by atoms with Gasteiger partial charge in [-0.2, -0.15) is 0 Å². The van der Waals surface area contributed by atoms with Crippen molar-refractivity contribution in [1.82, 2.24) is 0 Å². The van der Waals surface area contributed by atoms with E-state index in [9.17, 15) is 0 Å². The highest BCUT2D eigenvalue weighted by Crippen LogP contribution is 2.40. The van der Waals surface area contributed by atoms with Gasteiger partial charge in [0.05, 0.1) is 6.10 Å². The lowest BCUT2D eigenvalue weighted by Crippen LogP contribution is -2.23. The van der Waals surface area contributed by atoms with Gasteiger partial charge in [0, 0.05) is 7.11 Å². The maximum absolute atomic E-state index is 5.83. The normalized spacial score (nSPS) is 29.1. The van der Waals surface area contributed by atoms with E-state index in [1.807, 2.05) is 7.11 Å². The second-order valence-corrected chi connectivity index (χ2v) is 9.27. The number of hydrogen-bond donors (Lipinski definition) is 0. The van der Waals surface area contributed by atoms with E-state index in [1.165, 1.54) is 77.0 Å². The van der Waals surface area contributed by atoms with Crippen LogP contribution in [0.25, 0.3) is 0 Å². The Morgan fingerprint density at radius 2 is 1.65 bits per heavy atom. The molecular formula is C22H42O. The van der Waals surface area contributed by atoms with Crippen molar-refractivity contribution in [3.63, 3.8) is 0 Å². The molecule has 2 aliphatic carbocycles. The highest BCUT2D eigenvalue weighted by Gasteiger charge is 2.31. The average Bonchev–Trinajstić information content (AvgIpc) is 2.99. The zero-order chi connectivity index (χ0) is 16.7. The number of ether oxygens (including phenoxy) is 1. The van der Waals surface area contributed by atoms with E-state index in [0.717, 1.165) is 29.6 Å². The van der Waals surface area contributed by atoms with Crippen molar-refractivity contribution in [3.05, 3.63) is 0 Å². The summed E-state index contributed by atoms with van der Waals surface area (Å²) in [6.45, 7) is 7.16. The predicted molar refractivity (Wildman–Crippen MR) is 101 cm³/mol. The first-order chi connectivity index (χ1) is 11.1. The minimum Gasteiger partial charge on any atom is -0.381 e. The van der Waals surface area contributed by atoms with Gasteiger partial charge in [-0.25, -0.2) is 0 Å². The van der Waals surface area contributed by atoms with Crippen LogP contribution in [0, 0.1) is 29.6 Å². The van der Waals surface area contributed by atoms with Crippen LogP contribution in [-0.4, -0.2) is 13.2 Å². The van der Waals surface area contributed by atoms with Crippen LogP contribution >= 0.6 is 0 Å². The Hall–Kier alpha value is -0.0400. The molecular weight excluding hydrogens is 280 g/mol. The van der Waals surface area contributed by atoms with Crippen LogP contribution in [0.15, 0.2) is 0 Å². The third-order valence-electron chi connectivity index (χ3n) is 6.64. The molecule has 1 heteroatoms. The number of rotatable bonds is 9. The van der Waals surface area contributed by atoms with Crippen LogP contribution < -0.4 is 0 Å². The largest absolute Gasteiger partial charge is 0.381 e. The van der Waals surface area contributed by atoms with E-state index in [0.29, 0.717) is 6.10 Å². The molecule has 1 nitrogen and oxygen atoms in total. The first-order valence-corrected chi connectivity index (χ1v) is 10.6. The minimum atomic E-state index is 0.512. The Morgan fingerprint density at radius 1 is 0.913 bits per heavy atom. The third-order valence-corrected chi connectivity index (χ3v) is 6.64.